The van der Waals surface area contributed by atoms with Gasteiger partial charge in [-0.3, -0.25) is 0 Å². The molecule has 12 heteroatoms. The molecule has 1 fully saturated rings. The molecule has 0 bridgehead atoms. The number of nitriles is 1. The van der Waals surface area contributed by atoms with Crippen molar-refractivity contribution < 1.29 is 18.3 Å². The van der Waals surface area contributed by atoms with Crippen molar-refractivity contribution in [3.63, 3.8) is 0 Å². The molecule has 1 atom stereocenters. The molecule has 5 rings (SSSR count). The van der Waals surface area contributed by atoms with Crippen molar-refractivity contribution in [2.75, 3.05) is 5.32 Å². The van der Waals surface area contributed by atoms with Crippen LogP contribution in [0.1, 0.15) is 47.8 Å². The van der Waals surface area contributed by atoms with Crippen LogP contribution in [-0.4, -0.2) is 40.8 Å². The summed E-state index contributed by atoms with van der Waals surface area (Å²) in [4.78, 5) is 8.54. The molecule has 9 nitrogen and oxygen atoms in total. The highest BCUT2D eigenvalue weighted by Crippen LogP contribution is 2.41. The second-order valence-electron chi connectivity index (χ2n) is 10.1. The summed E-state index contributed by atoms with van der Waals surface area (Å²) in [6.45, 7) is 6.27. The normalized spacial score (nSPS) is 15.2. The molecular formula is C27H27F3N8O. The first-order valence-electron chi connectivity index (χ1n) is 12.4. The van der Waals surface area contributed by atoms with Gasteiger partial charge in [-0.25, -0.2) is 19.3 Å². The van der Waals surface area contributed by atoms with Crippen LogP contribution in [0.2, 0.25) is 0 Å². The average molecular weight is 537 g/mol. The van der Waals surface area contributed by atoms with Crippen LogP contribution in [0.5, 0.6) is 0 Å². The summed E-state index contributed by atoms with van der Waals surface area (Å²) in [7, 11) is 0. The Morgan fingerprint density at radius 1 is 1.10 bits per heavy atom. The zero-order chi connectivity index (χ0) is 28.1. The van der Waals surface area contributed by atoms with Crippen LogP contribution in [0.15, 0.2) is 36.7 Å². The molecule has 4 aromatic rings. The zero-order valence-corrected chi connectivity index (χ0v) is 21.9. The zero-order valence-electron chi connectivity index (χ0n) is 21.9. The lowest BCUT2D eigenvalue weighted by molar-refractivity contribution is -0.259. The third kappa shape index (κ3) is 4.85. The summed E-state index contributed by atoms with van der Waals surface area (Å²) in [6.07, 6.45) is -1.32. The summed E-state index contributed by atoms with van der Waals surface area (Å²) < 4.78 is 43.9. The Kier molecular flexibility index (Phi) is 6.42. The molecule has 1 saturated carbocycles. The minimum Gasteiger partial charge on any atom is -0.376 e. The molecule has 0 spiro atoms. The largest absolute Gasteiger partial charge is 0.421 e. The third-order valence-corrected chi connectivity index (χ3v) is 7.05. The molecule has 202 valence electrons. The summed E-state index contributed by atoms with van der Waals surface area (Å²) in [5.74, 6) is 1.92. The van der Waals surface area contributed by atoms with Gasteiger partial charge in [0.1, 0.15) is 18.0 Å². The minimum atomic E-state index is -4.88. The van der Waals surface area contributed by atoms with Crippen LogP contribution < -0.4 is 5.32 Å². The molecule has 0 unspecified atom stereocenters. The number of halogens is 3. The van der Waals surface area contributed by atoms with Gasteiger partial charge in [0.2, 0.25) is 0 Å². The highest BCUT2D eigenvalue weighted by atomic mass is 19.4. The molecule has 0 amide bonds. The van der Waals surface area contributed by atoms with Gasteiger partial charge >= 0.3 is 6.18 Å². The Hall–Kier alpha value is -4.24. The SMILES string of the molecule is Cc1nn(-c2cc(Nc3c(C)c(-c4ccc(C#N)cc4)nn3CC3CC3)ncn2)c(C)c1[C@](C)(O)C(F)(F)F. The van der Waals surface area contributed by atoms with E-state index < -0.39 is 11.8 Å². The van der Waals surface area contributed by atoms with E-state index in [2.05, 4.69) is 26.5 Å². The fourth-order valence-electron chi connectivity index (χ4n) is 4.73. The topological polar surface area (TPSA) is 117 Å². The first kappa shape index (κ1) is 26.4. The molecule has 3 heterocycles. The molecule has 39 heavy (non-hydrogen) atoms. The maximum absolute atomic E-state index is 13.6. The van der Waals surface area contributed by atoms with E-state index in [1.165, 1.54) is 24.9 Å². The standard InChI is InChI=1S/C27H27F3N8O/c1-15-24(20-9-7-18(12-31)8-10-20)36-37(13-19-5-6-19)25(15)34-21-11-22(33-14-32-21)38-17(3)23(16(2)35-38)26(4,39)27(28,29)30/h7-11,14,19,39H,5-6,13H2,1-4H3,(H,32,33,34)/t26-/m0/s1. The van der Waals surface area contributed by atoms with Gasteiger partial charge in [-0.1, -0.05) is 12.1 Å². The number of aryl methyl sites for hydroxylation is 1. The Bertz CT molecular complexity index is 1570. The van der Waals surface area contributed by atoms with E-state index in [0.29, 0.717) is 17.3 Å². The van der Waals surface area contributed by atoms with Gasteiger partial charge in [-0.2, -0.15) is 28.6 Å². The summed E-state index contributed by atoms with van der Waals surface area (Å²) in [5, 5.41) is 31.8. The highest BCUT2D eigenvalue weighted by molar-refractivity contribution is 5.72. The van der Waals surface area contributed by atoms with Gasteiger partial charge in [0.15, 0.2) is 11.4 Å². The monoisotopic (exact) mass is 536 g/mol. The lowest BCUT2D eigenvalue weighted by Gasteiger charge is -2.26. The third-order valence-electron chi connectivity index (χ3n) is 7.05. The van der Waals surface area contributed by atoms with Gasteiger partial charge in [0.25, 0.3) is 0 Å². The fourth-order valence-corrected chi connectivity index (χ4v) is 4.73. The summed E-state index contributed by atoms with van der Waals surface area (Å²) in [5.41, 5.74) is -0.116. The number of benzene rings is 1. The van der Waals surface area contributed by atoms with Crippen molar-refractivity contribution in [3.05, 3.63) is 64.7 Å². The number of rotatable bonds is 7. The van der Waals surface area contributed by atoms with Crippen LogP contribution in [-0.2, 0) is 12.1 Å². The number of nitrogens with one attached hydrogen (secondary N) is 1. The maximum atomic E-state index is 13.6. The molecule has 3 aromatic heterocycles. The quantitative estimate of drug-likeness (QED) is 0.331. The summed E-state index contributed by atoms with van der Waals surface area (Å²) in [6, 6.07) is 10.9. The van der Waals surface area contributed by atoms with E-state index in [1.54, 1.807) is 18.2 Å². The molecule has 1 aliphatic rings. The van der Waals surface area contributed by atoms with Crippen molar-refractivity contribution in [1.82, 2.24) is 29.5 Å². The molecule has 0 saturated heterocycles. The number of aromatic nitrogens is 6. The lowest BCUT2D eigenvalue weighted by atomic mass is 9.93. The second-order valence-corrected chi connectivity index (χ2v) is 10.1. The molecule has 2 N–H and O–H groups in total. The van der Waals surface area contributed by atoms with Gasteiger partial charge < -0.3 is 10.4 Å². The first-order valence-corrected chi connectivity index (χ1v) is 12.4. The van der Waals surface area contributed by atoms with Gasteiger partial charge in [-0.05, 0) is 58.6 Å². The van der Waals surface area contributed by atoms with Crippen LogP contribution in [0.4, 0.5) is 24.8 Å². The van der Waals surface area contributed by atoms with E-state index in [4.69, 9.17) is 10.4 Å². The maximum Gasteiger partial charge on any atom is 0.421 e. The van der Waals surface area contributed by atoms with Crippen LogP contribution in [0.25, 0.3) is 17.1 Å². The van der Waals surface area contributed by atoms with Gasteiger partial charge in [-0.15, -0.1) is 0 Å². The number of anilines is 2. The molecule has 1 aliphatic carbocycles. The van der Waals surface area contributed by atoms with E-state index in [-0.39, 0.29) is 22.8 Å². The number of nitrogens with zero attached hydrogens (tertiary/aromatic N) is 7. The van der Waals surface area contributed by atoms with Crippen molar-refractivity contribution in [2.45, 2.75) is 58.9 Å². The average Bonchev–Trinajstić information content (AvgIpc) is 3.59. The second kappa shape index (κ2) is 9.50. The summed E-state index contributed by atoms with van der Waals surface area (Å²) >= 11 is 0. The number of aliphatic hydroxyl groups is 1. The Morgan fingerprint density at radius 2 is 1.79 bits per heavy atom. The van der Waals surface area contributed by atoms with E-state index in [9.17, 15) is 18.3 Å². The van der Waals surface area contributed by atoms with Crippen LogP contribution in [0.3, 0.4) is 0 Å². The fraction of sp³-hybridized carbons (Fsp3) is 0.370. The highest BCUT2D eigenvalue weighted by Gasteiger charge is 2.53. The molecule has 1 aromatic carbocycles. The van der Waals surface area contributed by atoms with Crippen molar-refractivity contribution in [3.8, 4) is 23.1 Å². The van der Waals surface area contributed by atoms with E-state index in [0.717, 1.165) is 48.9 Å². The smallest absolute Gasteiger partial charge is 0.376 e. The van der Waals surface area contributed by atoms with Gasteiger partial charge in [0, 0.05) is 35.0 Å². The van der Waals surface area contributed by atoms with Crippen LogP contribution >= 0.6 is 0 Å². The predicted octanol–water partition coefficient (Wildman–Crippen LogP) is 5.25. The molecular weight excluding hydrogens is 509 g/mol. The van der Waals surface area contributed by atoms with Gasteiger partial charge in [0.05, 0.1) is 23.0 Å². The number of hydrogen-bond acceptors (Lipinski definition) is 7. The predicted molar refractivity (Wildman–Crippen MR) is 137 cm³/mol. The lowest BCUT2D eigenvalue weighted by Crippen LogP contribution is -2.40. The van der Waals surface area contributed by atoms with Crippen molar-refractivity contribution in [1.29, 1.82) is 5.26 Å². The molecule has 0 radical (unpaired) electrons. The first-order chi connectivity index (χ1) is 18.4. The number of alkyl halides is 3. The Morgan fingerprint density at radius 3 is 2.41 bits per heavy atom. The van der Waals surface area contributed by atoms with Crippen LogP contribution in [0, 0.1) is 38.0 Å². The van der Waals surface area contributed by atoms with E-state index in [1.807, 2.05) is 23.7 Å². The van der Waals surface area contributed by atoms with E-state index >= 15 is 0 Å². The number of hydrogen-bond donors (Lipinski definition) is 2. The van der Waals surface area contributed by atoms with Crippen molar-refractivity contribution >= 4 is 11.6 Å². The van der Waals surface area contributed by atoms with Crippen molar-refractivity contribution in [2.24, 2.45) is 5.92 Å². The Labute approximate surface area is 222 Å². The Balaban J connectivity index is 1.51. The minimum absolute atomic E-state index is 0.0494. The molecule has 0 aliphatic heterocycles.